The van der Waals surface area contributed by atoms with Crippen LogP contribution in [0.3, 0.4) is 0 Å². The summed E-state index contributed by atoms with van der Waals surface area (Å²) in [6.45, 7) is 0. The average molecular weight is 84.1 g/mol. The van der Waals surface area contributed by atoms with Gasteiger partial charge in [-0.1, -0.05) is 0 Å². The van der Waals surface area contributed by atoms with Gasteiger partial charge >= 0.3 is 0 Å². The fourth-order valence-corrected chi connectivity index (χ4v) is 0.157. The molecular weight excluding hydrogens is 82.0 g/mol. The lowest BCUT2D eigenvalue weighted by atomic mass is 10.7. The van der Waals surface area contributed by atoms with Gasteiger partial charge in [0.2, 0.25) is 0 Å². The molecule has 0 aliphatic carbocycles. The Hall–Kier alpha value is -0.990. The van der Waals surface area contributed by atoms with Crippen LogP contribution in [0.5, 0.6) is 0 Å². The highest BCUT2D eigenvalue weighted by atomic mass is 17.3. The summed E-state index contributed by atoms with van der Waals surface area (Å²) in [7, 11) is 0. The van der Waals surface area contributed by atoms with Crippen molar-refractivity contribution in [3.63, 3.8) is 0 Å². The largest absolute Gasteiger partial charge is 0.275 e. The van der Waals surface area contributed by atoms with Gasteiger partial charge < -0.3 is 0 Å². The van der Waals surface area contributed by atoms with E-state index in [0.717, 1.165) is 0 Å². The van der Waals surface area contributed by atoms with Gasteiger partial charge in [0.25, 0.3) is 0 Å². The molecule has 1 radical (unpaired) electrons. The summed E-state index contributed by atoms with van der Waals surface area (Å²) >= 11 is 0. The number of hydrogen-bond donors (Lipinski definition) is 0. The van der Waals surface area contributed by atoms with Crippen molar-refractivity contribution in [3.05, 3.63) is 12.3 Å². The molecule has 1 heterocycles. The number of nitrogens with zero attached hydrogens (tertiary/aromatic N) is 1. The Bertz CT molecular complexity index is 74.8. The Morgan fingerprint density at radius 1 is 1.67 bits per heavy atom. The lowest BCUT2D eigenvalue weighted by Gasteiger charge is -1.91. The molecule has 0 aromatic carbocycles. The molecule has 0 saturated heterocycles. The van der Waals surface area contributed by atoms with Crippen molar-refractivity contribution in [3.8, 4) is 0 Å². The van der Waals surface area contributed by atoms with Crippen molar-refractivity contribution in [2.24, 2.45) is 5.16 Å². The maximum atomic E-state index is 4.16. The Morgan fingerprint density at radius 3 is 2.83 bits per heavy atom. The molecule has 0 amide bonds. The zero-order valence-corrected chi connectivity index (χ0v) is 2.92. The van der Waals surface area contributed by atoms with E-state index in [1.54, 1.807) is 0 Å². The lowest BCUT2D eigenvalue weighted by Crippen LogP contribution is -1.82. The molecule has 3 nitrogen and oxygen atoms in total. The van der Waals surface area contributed by atoms with Crippen LogP contribution in [-0.2, 0) is 9.88 Å². The third kappa shape index (κ3) is 0.484. The maximum absolute atomic E-state index is 4.16. The van der Waals surface area contributed by atoms with Crippen molar-refractivity contribution in [2.75, 3.05) is 0 Å². The molecule has 0 atom stereocenters. The highest BCUT2D eigenvalue weighted by molar-refractivity contribution is 5.70. The monoisotopic (exact) mass is 84.0 g/mol. The van der Waals surface area contributed by atoms with E-state index in [4.69, 9.17) is 0 Å². The lowest BCUT2D eigenvalue weighted by molar-refractivity contribution is -0.251. The molecule has 0 saturated carbocycles. The van der Waals surface area contributed by atoms with Crippen molar-refractivity contribution in [1.29, 1.82) is 0 Å². The predicted molar refractivity (Wildman–Crippen MR) is 18.7 cm³/mol. The third-order valence-electron chi connectivity index (χ3n) is 0.331. The summed E-state index contributed by atoms with van der Waals surface area (Å²) in [6.07, 6.45) is 5.23. The zero-order chi connectivity index (χ0) is 4.24. The predicted octanol–water partition coefficient (Wildman–Crippen LogP) is 0.325. The minimum atomic E-state index is 1.34. The van der Waals surface area contributed by atoms with Crippen LogP contribution >= 0.6 is 0 Å². The van der Waals surface area contributed by atoms with Gasteiger partial charge in [-0.3, -0.25) is 4.89 Å². The van der Waals surface area contributed by atoms with Crippen molar-refractivity contribution in [2.45, 2.75) is 0 Å². The first kappa shape index (κ1) is 3.21. The van der Waals surface area contributed by atoms with E-state index >= 15 is 0 Å². The molecule has 0 spiro atoms. The van der Waals surface area contributed by atoms with Crippen molar-refractivity contribution >= 4 is 6.21 Å². The second kappa shape index (κ2) is 1.45. The highest BCUT2D eigenvalue weighted by Crippen LogP contribution is 1.84. The fourth-order valence-electron chi connectivity index (χ4n) is 0.157. The van der Waals surface area contributed by atoms with E-state index in [0.29, 0.717) is 0 Å². The molecule has 1 aliphatic heterocycles. The maximum Gasteiger partial charge on any atom is 0.147 e. The zero-order valence-electron chi connectivity index (χ0n) is 2.92. The summed E-state index contributed by atoms with van der Waals surface area (Å²) in [5.74, 6) is 0. The van der Waals surface area contributed by atoms with Gasteiger partial charge in [0.15, 0.2) is 0 Å². The van der Waals surface area contributed by atoms with Crippen LogP contribution < -0.4 is 0 Å². The molecule has 6 heavy (non-hydrogen) atoms. The molecule has 0 aromatic rings. The minimum absolute atomic E-state index is 1.34. The van der Waals surface area contributed by atoms with E-state index in [2.05, 4.69) is 21.2 Å². The van der Waals surface area contributed by atoms with Crippen molar-refractivity contribution in [1.82, 2.24) is 0 Å². The standard InChI is InChI=1S/C3H2NO2/c1-2-4-6-5-3-1/h1,3H. The Labute approximate surface area is 34.8 Å². The summed E-state index contributed by atoms with van der Waals surface area (Å²) < 4.78 is 0. The molecule has 0 aromatic heterocycles. The normalized spacial score (nSPS) is 16.0. The van der Waals surface area contributed by atoms with Crippen LogP contribution in [0.1, 0.15) is 0 Å². The molecular formula is C3H2NO2. The van der Waals surface area contributed by atoms with Crippen LogP contribution in [-0.4, -0.2) is 6.21 Å². The topological polar surface area (TPSA) is 30.8 Å². The Morgan fingerprint density at radius 2 is 2.67 bits per heavy atom. The van der Waals surface area contributed by atoms with E-state index < -0.39 is 0 Å². The van der Waals surface area contributed by atoms with E-state index in [1.807, 2.05) is 0 Å². The molecule has 1 rings (SSSR count). The van der Waals surface area contributed by atoms with Gasteiger partial charge in [0.1, 0.15) is 12.5 Å². The second-order valence-electron chi connectivity index (χ2n) is 0.694. The minimum Gasteiger partial charge on any atom is -0.275 e. The quantitative estimate of drug-likeness (QED) is 0.396. The van der Waals surface area contributed by atoms with Crippen LogP contribution in [0.4, 0.5) is 0 Å². The number of hydrogen-bond acceptors (Lipinski definition) is 3. The van der Waals surface area contributed by atoms with E-state index in [9.17, 15) is 0 Å². The molecule has 0 bridgehead atoms. The van der Waals surface area contributed by atoms with E-state index in [-0.39, 0.29) is 0 Å². The summed E-state index contributed by atoms with van der Waals surface area (Å²) in [6, 6.07) is 0. The SMILES string of the molecule is [C]1=NOOC=C1. The molecule has 0 N–H and O–H groups in total. The van der Waals surface area contributed by atoms with Crippen LogP contribution in [0.2, 0.25) is 0 Å². The number of rotatable bonds is 0. The van der Waals surface area contributed by atoms with Gasteiger partial charge in [-0.05, 0) is 5.16 Å². The first-order chi connectivity index (χ1) is 3.00. The van der Waals surface area contributed by atoms with Gasteiger partial charge in [0.05, 0.1) is 0 Å². The highest BCUT2D eigenvalue weighted by Gasteiger charge is 1.78. The van der Waals surface area contributed by atoms with Gasteiger partial charge in [0, 0.05) is 6.08 Å². The smallest absolute Gasteiger partial charge is 0.147 e. The Kier molecular flexibility index (Phi) is 0.774. The molecule has 3 heteroatoms. The third-order valence-corrected chi connectivity index (χ3v) is 0.331. The molecule has 1 aliphatic rings. The molecule has 0 unspecified atom stereocenters. The van der Waals surface area contributed by atoms with Gasteiger partial charge in [-0.15, -0.1) is 0 Å². The fraction of sp³-hybridized carbons (Fsp3) is 0. The van der Waals surface area contributed by atoms with Crippen molar-refractivity contribution < 1.29 is 9.88 Å². The van der Waals surface area contributed by atoms with Gasteiger partial charge in [-0.25, -0.2) is 0 Å². The second-order valence-corrected chi connectivity index (χ2v) is 0.694. The van der Waals surface area contributed by atoms with Crippen LogP contribution in [0.15, 0.2) is 17.5 Å². The molecule has 0 fully saturated rings. The van der Waals surface area contributed by atoms with Crippen LogP contribution in [0, 0.1) is 0 Å². The number of allylic oxidation sites excluding steroid dienone is 1. The molecule has 31 valence electrons. The first-order valence-electron chi connectivity index (χ1n) is 1.43. The van der Waals surface area contributed by atoms with E-state index in [1.165, 1.54) is 12.3 Å². The average Bonchev–Trinajstić information content (AvgIpc) is 1.72. The summed E-state index contributed by atoms with van der Waals surface area (Å²) in [5.41, 5.74) is 0. The summed E-state index contributed by atoms with van der Waals surface area (Å²) in [4.78, 5) is 8.16. The Balaban J connectivity index is 2.46. The first-order valence-corrected chi connectivity index (χ1v) is 1.43. The van der Waals surface area contributed by atoms with Crippen LogP contribution in [0.25, 0.3) is 0 Å². The van der Waals surface area contributed by atoms with Gasteiger partial charge in [-0.2, -0.15) is 4.99 Å². The summed E-state index contributed by atoms with van der Waals surface area (Å²) in [5, 5.41) is 3.12.